The van der Waals surface area contributed by atoms with Gasteiger partial charge in [0.05, 0.1) is 6.61 Å². The molecule has 0 amide bonds. The number of hydrogen-bond donors (Lipinski definition) is 4. The molecule has 0 aliphatic carbocycles. The lowest BCUT2D eigenvalue weighted by Gasteiger charge is -2.38. The summed E-state index contributed by atoms with van der Waals surface area (Å²) in [5, 5.41) is 36.7. The molecule has 1 aliphatic rings. The third-order valence-corrected chi connectivity index (χ3v) is 2.13. The summed E-state index contributed by atoms with van der Waals surface area (Å²) >= 11 is 0. The molecular formula is C8H13O6. The molecular weight excluding hydrogens is 192 g/mol. The van der Waals surface area contributed by atoms with Crippen LogP contribution in [-0.2, 0) is 9.53 Å². The van der Waals surface area contributed by atoms with Crippen molar-refractivity contribution in [2.45, 2.75) is 31.3 Å². The van der Waals surface area contributed by atoms with Crippen LogP contribution in [-0.4, -0.2) is 57.2 Å². The van der Waals surface area contributed by atoms with Gasteiger partial charge >= 0.3 is 0 Å². The van der Waals surface area contributed by atoms with E-state index in [2.05, 4.69) is 0 Å². The van der Waals surface area contributed by atoms with Crippen LogP contribution in [0.25, 0.3) is 0 Å². The molecule has 1 rings (SSSR count). The maximum atomic E-state index is 10.9. The van der Waals surface area contributed by atoms with Gasteiger partial charge in [0.1, 0.15) is 24.4 Å². The molecule has 0 saturated carbocycles. The standard InChI is InChI=1S/C8H13O6/c1-3(10)8-7(13)6(12)5(11)4(2-9)14-8/h4-7,9,11-13H,2H2,1H3/t4-,5-,6+,7-/m1/s1. The smallest absolute Gasteiger partial charge is 0.193 e. The minimum Gasteiger partial charge on any atom is -0.394 e. The van der Waals surface area contributed by atoms with Gasteiger partial charge in [-0.05, 0) is 6.92 Å². The highest BCUT2D eigenvalue weighted by atomic mass is 16.5. The van der Waals surface area contributed by atoms with Crippen LogP contribution in [0.3, 0.4) is 0 Å². The number of ketones is 1. The number of Topliss-reactive ketones (excluding diaryl/α,β-unsaturated/α-hetero) is 1. The van der Waals surface area contributed by atoms with Crippen LogP contribution in [0, 0.1) is 6.10 Å². The van der Waals surface area contributed by atoms with Crippen molar-refractivity contribution in [3.63, 3.8) is 0 Å². The van der Waals surface area contributed by atoms with Crippen molar-refractivity contribution in [2.24, 2.45) is 0 Å². The normalized spacial score (nSPS) is 39.8. The summed E-state index contributed by atoms with van der Waals surface area (Å²) in [7, 11) is 0. The van der Waals surface area contributed by atoms with Crippen molar-refractivity contribution >= 4 is 5.78 Å². The average Bonchev–Trinajstić information content (AvgIpc) is 2.14. The summed E-state index contributed by atoms with van der Waals surface area (Å²) in [5.41, 5.74) is 0. The summed E-state index contributed by atoms with van der Waals surface area (Å²) in [5.74, 6) is -0.540. The number of ether oxygens (including phenoxy) is 1. The molecule has 81 valence electrons. The molecule has 4 N–H and O–H groups in total. The summed E-state index contributed by atoms with van der Waals surface area (Å²) in [6, 6.07) is 0. The topological polar surface area (TPSA) is 107 Å². The lowest BCUT2D eigenvalue weighted by molar-refractivity contribution is -0.192. The summed E-state index contributed by atoms with van der Waals surface area (Å²) in [4.78, 5) is 10.9. The molecule has 14 heavy (non-hydrogen) atoms. The lowest BCUT2D eigenvalue weighted by Crippen LogP contribution is -2.56. The largest absolute Gasteiger partial charge is 0.394 e. The van der Waals surface area contributed by atoms with Crippen LogP contribution in [0.1, 0.15) is 6.92 Å². The van der Waals surface area contributed by atoms with E-state index in [0.717, 1.165) is 6.92 Å². The third kappa shape index (κ3) is 1.94. The van der Waals surface area contributed by atoms with Gasteiger partial charge in [0.15, 0.2) is 11.9 Å². The van der Waals surface area contributed by atoms with Crippen molar-refractivity contribution in [2.75, 3.05) is 6.61 Å². The number of hydrogen-bond acceptors (Lipinski definition) is 6. The molecule has 1 aliphatic heterocycles. The highest BCUT2D eigenvalue weighted by Gasteiger charge is 2.45. The van der Waals surface area contributed by atoms with E-state index in [-0.39, 0.29) is 6.10 Å². The van der Waals surface area contributed by atoms with E-state index < -0.39 is 36.8 Å². The van der Waals surface area contributed by atoms with Gasteiger partial charge in [0.25, 0.3) is 0 Å². The van der Waals surface area contributed by atoms with E-state index >= 15 is 0 Å². The van der Waals surface area contributed by atoms with E-state index in [1.807, 2.05) is 0 Å². The van der Waals surface area contributed by atoms with E-state index in [4.69, 9.17) is 9.84 Å². The van der Waals surface area contributed by atoms with Crippen molar-refractivity contribution in [1.29, 1.82) is 0 Å². The highest BCUT2D eigenvalue weighted by Crippen LogP contribution is 2.26. The summed E-state index contributed by atoms with van der Waals surface area (Å²) < 4.78 is 4.85. The van der Waals surface area contributed by atoms with Crippen LogP contribution < -0.4 is 0 Å². The third-order valence-electron chi connectivity index (χ3n) is 2.13. The molecule has 0 aromatic heterocycles. The zero-order valence-electron chi connectivity index (χ0n) is 7.62. The van der Waals surface area contributed by atoms with Gasteiger partial charge in [-0.15, -0.1) is 0 Å². The second-order valence-electron chi connectivity index (χ2n) is 3.19. The maximum Gasteiger partial charge on any atom is 0.193 e. The first-order valence-electron chi connectivity index (χ1n) is 4.18. The van der Waals surface area contributed by atoms with Crippen molar-refractivity contribution < 1.29 is 30.0 Å². The SMILES string of the molecule is CC(=O)[C]1O[C@H](CO)[C@@H](O)[C@H](O)[C@H]1O. The molecule has 0 aromatic carbocycles. The van der Waals surface area contributed by atoms with Gasteiger partial charge in [-0.1, -0.05) is 0 Å². The number of carbonyl (C=O) groups excluding carboxylic acids is 1. The molecule has 6 nitrogen and oxygen atoms in total. The fourth-order valence-corrected chi connectivity index (χ4v) is 1.30. The van der Waals surface area contributed by atoms with Crippen molar-refractivity contribution in [3.8, 4) is 0 Å². The second kappa shape index (κ2) is 4.33. The molecule has 0 spiro atoms. The van der Waals surface area contributed by atoms with E-state index in [9.17, 15) is 20.1 Å². The molecule has 6 heteroatoms. The average molecular weight is 205 g/mol. The summed E-state index contributed by atoms with van der Waals surface area (Å²) in [6.45, 7) is 0.624. The Morgan fingerprint density at radius 3 is 2.36 bits per heavy atom. The Morgan fingerprint density at radius 1 is 1.36 bits per heavy atom. The second-order valence-corrected chi connectivity index (χ2v) is 3.19. The molecule has 1 heterocycles. The first kappa shape index (κ1) is 11.5. The van der Waals surface area contributed by atoms with E-state index in [1.54, 1.807) is 0 Å². The Kier molecular flexibility index (Phi) is 3.57. The maximum absolute atomic E-state index is 10.9. The molecule has 1 saturated heterocycles. The van der Waals surface area contributed by atoms with Gasteiger partial charge in [0, 0.05) is 0 Å². The van der Waals surface area contributed by atoms with Crippen LogP contribution in [0.15, 0.2) is 0 Å². The predicted molar refractivity (Wildman–Crippen MR) is 43.9 cm³/mol. The van der Waals surface area contributed by atoms with Crippen molar-refractivity contribution in [1.82, 2.24) is 0 Å². The van der Waals surface area contributed by atoms with E-state index in [1.165, 1.54) is 0 Å². The minimum absolute atomic E-state index is 0.332. The molecule has 0 unspecified atom stereocenters. The Bertz CT molecular complexity index is 216. The number of carbonyl (C=O) groups is 1. The van der Waals surface area contributed by atoms with Crippen molar-refractivity contribution in [3.05, 3.63) is 6.10 Å². The van der Waals surface area contributed by atoms with Gasteiger partial charge in [-0.3, -0.25) is 4.79 Å². The van der Waals surface area contributed by atoms with Gasteiger partial charge in [0.2, 0.25) is 0 Å². The minimum atomic E-state index is -1.54. The monoisotopic (exact) mass is 205 g/mol. The zero-order chi connectivity index (χ0) is 10.9. The van der Waals surface area contributed by atoms with Gasteiger partial charge in [-0.2, -0.15) is 0 Å². The molecule has 0 bridgehead atoms. The van der Waals surface area contributed by atoms with E-state index in [0.29, 0.717) is 0 Å². The zero-order valence-corrected chi connectivity index (χ0v) is 7.62. The lowest BCUT2D eigenvalue weighted by atomic mass is 9.93. The number of rotatable bonds is 2. The van der Waals surface area contributed by atoms with Gasteiger partial charge < -0.3 is 25.2 Å². The first-order valence-corrected chi connectivity index (χ1v) is 4.18. The molecule has 4 atom stereocenters. The fraction of sp³-hybridized carbons (Fsp3) is 0.750. The summed E-state index contributed by atoms with van der Waals surface area (Å²) in [6.07, 6.45) is -5.86. The molecule has 0 aromatic rings. The predicted octanol–water partition coefficient (Wildman–Crippen LogP) is -2.42. The molecule has 1 fully saturated rings. The van der Waals surface area contributed by atoms with Crippen LogP contribution in [0.5, 0.6) is 0 Å². The van der Waals surface area contributed by atoms with Gasteiger partial charge in [-0.25, -0.2) is 0 Å². The highest BCUT2D eigenvalue weighted by molar-refractivity contribution is 5.89. The Hall–Kier alpha value is -0.530. The van der Waals surface area contributed by atoms with Crippen LogP contribution in [0.4, 0.5) is 0 Å². The van der Waals surface area contributed by atoms with Crippen LogP contribution in [0.2, 0.25) is 0 Å². The Balaban J connectivity index is 2.78. The molecule has 1 radical (unpaired) electrons. The first-order chi connectivity index (χ1) is 6.49. The Labute approximate surface area is 80.7 Å². The fourth-order valence-electron chi connectivity index (χ4n) is 1.30. The number of aliphatic hydroxyl groups is 4. The quantitative estimate of drug-likeness (QED) is 0.399. The van der Waals surface area contributed by atoms with Crippen LogP contribution >= 0.6 is 0 Å². The number of aliphatic hydroxyl groups excluding tert-OH is 4. The Morgan fingerprint density at radius 2 is 1.93 bits per heavy atom.